The molecule has 2 fully saturated rings. The van der Waals surface area contributed by atoms with Crippen molar-refractivity contribution < 1.29 is 4.79 Å². The molecular weight excluding hydrogens is 348 g/mol. The molecule has 0 radical (unpaired) electrons. The van der Waals surface area contributed by atoms with Crippen molar-refractivity contribution in [1.82, 2.24) is 15.1 Å². The molecule has 1 amide bonds. The highest BCUT2D eigenvalue weighted by Crippen LogP contribution is 2.49. The van der Waals surface area contributed by atoms with Crippen LogP contribution in [-0.4, -0.2) is 35.8 Å². The van der Waals surface area contributed by atoms with E-state index in [9.17, 15) is 4.79 Å². The van der Waals surface area contributed by atoms with Crippen molar-refractivity contribution in [3.8, 4) is 5.69 Å². The van der Waals surface area contributed by atoms with Crippen LogP contribution in [0.2, 0.25) is 0 Å². The fourth-order valence-electron chi connectivity index (χ4n) is 4.05. The van der Waals surface area contributed by atoms with Crippen LogP contribution < -0.4 is 10.2 Å². The SMILES string of the molecule is CC(C)Cc1cc(N(C)C(=O)C2C3CNCC32)nn1-c1ccccc1.Cl. The van der Waals surface area contributed by atoms with Crippen LogP contribution in [-0.2, 0) is 11.2 Å². The first-order valence-electron chi connectivity index (χ1n) is 9.19. The summed E-state index contributed by atoms with van der Waals surface area (Å²) in [6.45, 7) is 6.36. The van der Waals surface area contributed by atoms with Gasteiger partial charge in [0, 0.05) is 24.7 Å². The lowest BCUT2D eigenvalue weighted by Crippen LogP contribution is -2.32. The lowest BCUT2D eigenvalue weighted by molar-refractivity contribution is -0.120. The van der Waals surface area contributed by atoms with Crippen molar-refractivity contribution in [3.05, 3.63) is 42.1 Å². The van der Waals surface area contributed by atoms with E-state index >= 15 is 0 Å². The van der Waals surface area contributed by atoms with Gasteiger partial charge in [-0.15, -0.1) is 17.5 Å². The molecule has 2 unspecified atom stereocenters. The van der Waals surface area contributed by atoms with E-state index in [4.69, 9.17) is 5.10 Å². The Morgan fingerprint density at radius 1 is 1.27 bits per heavy atom. The Kier molecular flexibility index (Phi) is 5.39. The highest BCUT2D eigenvalue weighted by Gasteiger charge is 2.57. The Morgan fingerprint density at radius 2 is 1.92 bits per heavy atom. The van der Waals surface area contributed by atoms with E-state index < -0.39 is 0 Å². The molecule has 1 aliphatic carbocycles. The minimum Gasteiger partial charge on any atom is -0.316 e. The zero-order valence-electron chi connectivity index (χ0n) is 15.6. The van der Waals surface area contributed by atoms with Crippen molar-refractivity contribution >= 4 is 24.1 Å². The van der Waals surface area contributed by atoms with Gasteiger partial charge in [0.15, 0.2) is 5.82 Å². The molecule has 1 N–H and O–H groups in total. The number of fused-ring (bicyclic) bond motifs is 1. The number of anilines is 1. The second kappa shape index (κ2) is 7.41. The fraction of sp³-hybridized carbons (Fsp3) is 0.500. The number of hydrogen-bond donors (Lipinski definition) is 1. The van der Waals surface area contributed by atoms with Gasteiger partial charge in [0.2, 0.25) is 5.91 Å². The van der Waals surface area contributed by atoms with Crippen LogP contribution in [0.15, 0.2) is 36.4 Å². The molecule has 2 atom stereocenters. The van der Waals surface area contributed by atoms with Crippen LogP contribution in [0.1, 0.15) is 19.5 Å². The molecule has 6 heteroatoms. The third-order valence-corrected chi connectivity index (χ3v) is 5.44. The molecule has 26 heavy (non-hydrogen) atoms. The topological polar surface area (TPSA) is 50.2 Å². The average molecular weight is 375 g/mol. The summed E-state index contributed by atoms with van der Waals surface area (Å²) in [5.41, 5.74) is 2.19. The van der Waals surface area contributed by atoms with Crippen LogP contribution in [0.3, 0.4) is 0 Å². The predicted octanol–water partition coefficient (Wildman–Crippen LogP) is 2.92. The molecule has 1 aliphatic heterocycles. The van der Waals surface area contributed by atoms with E-state index in [0.29, 0.717) is 17.8 Å². The highest BCUT2D eigenvalue weighted by molar-refractivity contribution is 5.96. The Bertz CT molecular complexity index is 763. The monoisotopic (exact) mass is 374 g/mol. The summed E-state index contributed by atoms with van der Waals surface area (Å²) in [5.74, 6) is 2.74. The van der Waals surface area contributed by atoms with Crippen LogP contribution in [0, 0.1) is 23.7 Å². The van der Waals surface area contributed by atoms with Gasteiger partial charge in [0.25, 0.3) is 0 Å². The van der Waals surface area contributed by atoms with Gasteiger partial charge in [-0.1, -0.05) is 32.0 Å². The Morgan fingerprint density at radius 3 is 2.54 bits per heavy atom. The molecule has 2 heterocycles. The summed E-state index contributed by atoms with van der Waals surface area (Å²) in [5, 5.41) is 8.12. The third-order valence-electron chi connectivity index (χ3n) is 5.44. The minimum atomic E-state index is 0. The fourth-order valence-corrected chi connectivity index (χ4v) is 4.05. The molecule has 1 aromatic carbocycles. The third kappa shape index (κ3) is 3.38. The summed E-state index contributed by atoms with van der Waals surface area (Å²) in [6.07, 6.45) is 0.933. The number of halogens is 1. The summed E-state index contributed by atoms with van der Waals surface area (Å²) < 4.78 is 1.98. The van der Waals surface area contributed by atoms with E-state index in [1.165, 1.54) is 0 Å². The van der Waals surface area contributed by atoms with Gasteiger partial charge in [-0.05, 0) is 49.4 Å². The van der Waals surface area contributed by atoms with Gasteiger partial charge in [-0.25, -0.2) is 4.68 Å². The average Bonchev–Trinajstić information content (AvgIpc) is 2.96. The molecule has 1 saturated heterocycles. The zero-order valence-corrected chi connectivity index (χ0v) is 16.4. The molecule has 4 rings (SSSR count). The maximum atomic E-state index is 12.8. The Balaban J connectivity index is 0.00000196. The lowest BCUT2D eigenvalue weighted by Gasteiger charge is -2.15. The van der Waals surface area contributed by atoms with Crippen LogP contribution >= 0.6 is 12.4 Å². The Labute approximate surface area is 161 Å². The van der Waals surface area contributed by atoms with Crippen LogP contribution in [0.4, 0.5) is 5.82 Å². The first kappa shape index (κ1) is 18.9. The largest absolute Gasteiger partial charge is 0.316 e. The van der Waals surface area contributed by atoms with Gasteiger partial charge < -0.3 is 5.32 Å². The lowest BCUT2D eigenvalue weighted by atomic mass is 10.1. The zero-order chi connectivity index (χ0) is 17.6. The maximum absolute atomic E-state index is 12.8. The number of rotatable bonds is 5. The summed E-state index contributed by atoms with van der Waals surface area (Å²) in [6, 6.07) is 12.2. The van der Waals surface area contributed by atoms with Crippen molar-refractivity contribution in [1.29, 1.82) is 0 Å². The number of aromatic nitrogens is 2. The van der Waals surface area contributed by atoms with Crippen molar-refractivity contribution in [2.24, 2.45) is 23.7 Å². The van der Waals surface area contributed by atoms with Gasteiger partial charge in [-0.2, -0.15) is 0 Å². The molecule has 140 valence electrons. The van der Waals surface area contributed by atoms with Gasteiger partial charge in [0.1, 0.15) is 0 Å². The van der Waals surface area contributed by atoms with Crippen LogP contribution in [0.5, 0.6) is 0 Å². The molecular formula is C20H27ClN4O. The molecule has 0 spiro atoms. The summed E-state index contributed by atoms with van der Waals surface area (Å²) in [7, 11) is 1.86. The van der Waals surface area contributed by atoms with E-state index in [2.05, 4.69) is 37.4 Å². The molecule has 0 bridgehead atoms. The molecule has 5 nitrogen and oxygen atoms in total. The second-order valence-electron chi connectivity index (χ2n) is 7.75. The summed E-state index contributed by atoms with van der Waals surface area (Å²) in [4.78, 5) is 14.6. The number of amides is 1. The highest BCUT2D eigenvalue weighted by atomic mass is 35.5. The number of nitrogens with one attached hydrogen (secondary N) is 1. The number of nitrogens with zero attached hydrogens (tertiary/aromatic N) is 3. The van der Waals surface area contributed by atoms with E-state index in [1.807, 2.05) is 29.9 Å². The van der Waals surface area contributed by atoms with Crippen LogP contribution in [0.25, 0.3) is 5.69 Å². The van der Waals surface area contributed by atoms with E-state index in [1.54, 1.807) is 4.90 Å². The Hall–Kier alpha value is -1.85. The van der Waals surface area contributed by atoms with Crippen molar-refractivity contribution in [3.63, 3.8) is 0 Å². The minimum absolute atomic E-state index is 0. The van der Waals surface area contributed by atoms with Gasteiger partial charge >= 0.3 is 0 Å². The molecule has 1 aromatic heterocycles. The smallest absolute Gasteiger partial charge is 0.231 e. The first-order valence-corrected chi connectivity index (χ1v) is 9.19. The normalized spacial score (nSPS) is 23.5. The van der Waals surface area contributed by atoms with Crippen molar-refractivity contribution in [2.75, 3.05) is 25.0 Å². The standard InChI is InChI=1S/C20H26N4O.ClH/c1-13(2)9-15-10-18(22-24(15)14-7-5-4-6-8-14)23(3)20(25)19-16-11-21-12-17(16)19;/h4-8,10,13,16-17,19,21H,9,11-12H2,1-3H3;1H. The van der Waals surface area contributed by atoms with Crippen molar-refractivity contribution in [2.45, 2.75) is 20.3 Å². The quantitative estimate of drug-likeness (QED) is 0.875. The van der Waals surface area contributed by atoms with Gasteiger partial charge in [-0.3, -0.25) is 9.69 Å². The number of carbonyl (C=O) groups is 1. The number of para-hydroxylation sites is 1. The maximum Gasteiger partial charge on any atom is 0.231 e. The summed E-state index contributed by atoms with van der Waals surface area (Å²) >= 11 is 0. The first-order chi connectivity index (χ1) is 12.1. The number of benzene rings is 1. The number of piperidine rings is 1. The second-order valence-corrected chi connectivity index (χ2v) is 7.75. The number of hydrogen-bond acceptors (Lipinski definition) is 3. The molecule has 2 aromatic rings. The molecule has 2 aliphatic rings. The predicted molar refractivity (Wildman–Crippen MR) is 106 cm³/mol. The molecule has 1 saturated carbocycles. The van der Waals surface area contributed by atoms with E-state index in [0.717, 1.165) is 36.7 Å². The van der Waals surface area contributed by atoms with Gasteiger partial charge in [0.05, 0.1) is 5.69 Å². The number of carbonyl (C=O) groups excluding carboxylic acids is 1. The van der Waals surface area contributed by atoms with E-state index in [-0.39, 0.29) is 24.2 Å².